The van der Waals surface area contributed by atoms with Gasteiger partial charge in [-0.2, -0.15) is 0 Å². The second-order valence-electron chi connectivity index (χ2n) is 6.41. The van der Waals surface area contributed by atoms with Crippen LogP contribution in [0, 0.1) is 0 Å². The fourth-order valence-corrected chi connectivity index (χ4v) is 4.26. The maximum Gasteiger partial charge on any atom is 0.266 e. The zero-order valence-corrected chi connectivity index (χ0v) is 17.2. The van der Waals surface area contributed by atoms with Crippen molar-refractivity contribution in [1.82, 2.24) is 4.90 Å². The number of rotatable bonds is 7. The molecule has 1 fully saturated rings. The van der Waals surface area contributed by atoms with Crippen LogP contribution in [0.1, 0.15) is 43.9 Å². The number of carbonyl (C=O) groups is 1. The van der Waals surface area contributed by atoms with Gasteiger partial charge in [0.2, 0.25) is 0 Å². The van der Waals surface area contributed by atoms with E-state index in [1.54, 1.807) is 4.90 Å². The van der Waals surface area contributed by atoms with Crippen LogP contribution in [0.4, 0.5) is 0 Å². The summed E-state index contributed by atoms with van der Waals surface area (Å²) in [6, 6.07) is 17.7. The molecule has 1 atom stereocenters. The fourth-order valence-electron chi connectivity index (χ4n) is 2.84. The predicted molar refractivity (Wildman–Crippen MR) is 117 cm³/mol. The van der Waals surface area contributed by atoms with Crippen LogP contribution < -0.4 is 4.74 Å². The third kappa shape index (κ3) is 4.79. The van der Waals surface area contributed by atoms with Crippen LogP contribution >= 0.6 is 24.0 Å². The Kier molecular flexibility index (Phi) is 6.69. The minimum Gasteiger partial charge on any atom is -0.494 e. The van der Waals surface area contributed by atoms with Gasteiger partial charge in [0.1, 0.15) is 10.1 Å². The topological polar surface area (TPSA) is 29.5 Å². The van der Waals surface area contributed by atoms with E-state index in [4.69, 9.17) is 17.0 Å². The van der Waals surface area contributed by atoms with Crippen molar-refractivity contribution in [3.63, 3.8) is 0 Å². The summed E-state index contributed by atoms with van der Waals surface area (Å²) in [5.41, 5.74) is 2.04. The number of nitrogens with zero attached hydrogens (tertiary/aromatic N) is 1. The van der Waals surface area contributed by atoms with E-state index in [2.05, 4.69) is 6.92 Å². The van der Waals surface area contributed by atoms with Crippen LogP contribution in [0.5, 0.6) is 5.75 Å². The van der Waals surface area contributed by atoms with Crippen molar-refractivity contribution in [2.75, 3.05) is 6.61 Å². The number of hydrogen-bond acceptors (Lipinski definition) is 4. The van der Waals surface area contributed by atoms with Crippen molar-refractivity contribution in [3.05, 3.63) is 70.6 Å². The second kappa shape index (κ2) is 9.20. The molecule has 2 aromatic carbocycles. The summed E-state index contributed by atoms with van der Waals surface area (Å²) in [5, 5.41) is 0. The number of hydrogen-bond donors (Lipinski definition) is 0. The molecule has 0 bridgehead atoms. The molecule has 0 N–H and O–H groups in total. The van der Waals surface area contributed by atoms with Gasteiger partial charge < -0.3 is 4.74 Å². The largest absolute Gasteiger partial charge is 0.494 e. The van der Waals surface area contributed by atoms with Gasteiger partial charge in [0.25, 0.3) is 5.91 Å². The van der Waals surface area contributed by atoms with E-state index in [1.165, 1.54) is 11.8 Å². The monoisotopic (exact) mass is 397 g/mol. The van der Waals surface area contributed by atoms with E-state index in [9.17, 15) is 4.79 Å². The number of thiocarbonyl (C=S) groups is 1. The molecule has 0 saturated carbocycles. The second-order valence-corrected chi connectivity index (χ2v) is 8.09. The Morgan fingerprint density at radius 3 is 2.52 bits per heavy atom. The highest BCUT2D eigenvalue weighted by Gasteiger charge is 2.35. The van der Waals surface area contributed by atoms with Crippen LogP contribution in [0.25, 0.3) is 6.08 Å². The molecular formula is C22H23NO2S2. The molecule has 1 saturated heterocycles. The van der Waals surface area contributed by atoms with Crippen LogP contribution in [-0.4, -0.2) is 21.7 Å². The number of thioether (sulfide) groups is 1. The first kappa shape index (κ1) is 19.6. The summed E-state index contributed by atoms with van der Waals surface area (Å²) >= 11 is 6.83. The van der Waals surface area contributed by atoms with E-state index in [0.717, 1.165) is 36.3 Å². The quantitative estimate of drug-likeness (QED) is 0.334. The van der Waals surface area contributed by atoms with Gasteiger partial charge in [-0.05, 0) is 42.7 Å². The van der Waals surface area contributed by atoms with Crippen molar-refractivity contribution in [2.24, 2.45) is 0 Å². The Balaban J connectivity index is 1.72. The van der Waals surface area contributed by atoms with Crippen LogP contribution in [0.3, 0.4) is 0 Å². The third-order valence-corrected chi connectivity index (χ3v) is 5.77. The van der Waals surface area contributed by atoms with Gasteiger partial charge in [-0.15, -0.1) is 0 Å². The average molecular weight is 398 g/mol. The lowest BCUT2D eigenvalue weighted by molar-refractivity contribution is -0.123. The molecule has 140 valence electrons. The summed E-state index contributed by atoms with van der Waals surface area (Å²) in [7, 11) is 0. The molecule has 3 rings (SSSR count). The molecule has 1 aliphatic rings. The fraction of sp³-hybridized carbons (Fsp3) is 0.273. The Morgan fingerprint density at radius 2 is 1.85 bits per heavy atom. The molecule has 2 aromatic rings. The Bertz CT molecular complexity index is 831. The van der Waals surface area contributed by atoms with Crippen LogP contribution in [0.2, 0.25) is 0 Å². The van der Waals surface area contributed by atoms with Crippen LogP contribution in [0.15, 0.2) is 59.5 Å². The number of amides is 1. The third-order valence-electron chi connectivity index (χ3n) is 4.44. The summed E-state index contributed by atoms with van der Waals surface area (Å²) in [5.74, 6) is 0.815. The zero-order chi connectivity index (χ0) is 19.2. The van der Waals surface area contributed by atoms with Gasteiger partial charge in [0.15, 0.2) is 0 Å². The minimum atomic E-state index is -0.0843. The van der Waals surface area contributed by atoms with E-state index < -0.39 is 0 Å². The highest BCUT2D eigenvalue weighted by molar-refractivity contribution is 8.26. The van der Waals surface area contributed by atoms with Crippen molar-refractivity contribution in [3.8, 4) is 5.75 Å². The predicted octanol–water partition coefficient (Wildman–Crippen LogP) is 5.83. The zero-order valence-electron chi connectivity index (χ0n) is 15.6. The molecule has 0 aromatic heterocycles. The first-order chi connectivity index (χ1) is 13.1. The standard InChI is InChI=1S/C22H23NO2S2/c1-3-4-14-25-19-12-10-17(11-13-19)15-20-21(24)23(22(26)27-20)16(2)18-8-6-5-7-9-18/h5-13,15-16H,3-4,14H2,1-2H3/t16-/m1/s1. The Morgan fingerprint density at radius 1 is 1.15 bits per heavy atom. The molecule has 1 amide bonds. The number of carbonyl (C=O) groups excluding carboxylic acids is 1. The van der Waals surface area contributed by atoms with Gasteiger partial charge in [-0.1, -0.05) is 79.8 Å². The van der Waals surface area contributed by atoms with Crippen molar-refractivity contribution >= 4 is 40.3 Å². The molecule has 0 aliphatic carbocycles. The number of unbranched alkanes of at least 4 members (excludes halogenated alkanes) is 1. The van der Waals surface area contributed by atoms with Crippen LogP contribution in [-0.2, 0) is 4.79 Å². The minimum absolute atomic E-state index is 0.0374. The Labute approximate surface area is 170 Å². The highest BCUT2D eigenvalue weighted by atomic mass is 32.2. The summed E-state index contributed by atoms with van der Waals surface area (Å²) in [6.07, 6.45) is 4.05. The normalized spacial score (nSPS) is 16.8. The smallest absolute Gasteiger partial charge is 0.266 e. The lowest BCUT2D eigenvalue weighted by Crippen LogP contribution is -2.30. The molecule has 0 unspecified atom stereocenters. The Hall–Kier alpha value is -2.11. The summed E-state index contributed by atoms with van der Waals surface area (Å²) in [4.78, 5) is 15.3. The van der Waals surface area contributed by atoms with E-state index in [0.29, 0.717) is 9.23 Å². The van der Waals surface area contributed by atoms with Gasteiger partial charge in [0.05, 0.1) is 17.6 Å². The molecule has 0 spiro atoms. The number of ether oxygens (including phenoxy) is 1. The molecule has 1 aliphatic heterocycles. The molecule has 1 heterocycles. The lowest BCUT2D eigenvalue weighted by atomic mass is 10.1. The average Bonchev–Trinajstić information content (AvgIpc) is 2.97. The summed E-state index contributed by atoms with van der Waals surface area (Å²) < 4.78 is 6.28. The van der Waals surface area contributed by atoms with E-state index in [1.807, 2.05) is 67.6 Å². The van der Waals surface area contributed by atoms with Crippen molar-refractivity contribution < 1.29 is 9.53 Å². The SMILES string of the molecule is CCCCOc1ccc(C=C2SC(=S)N([C@H](C)c3ccccc3)C2=O)cc1. The van der Waals surface area contributed by atoms with E-state index >= 15 is 0 Å². The first-order valence-corrected chi connectivity index (χ1v) is 10.4. The molecule has 5 heteroatoms. The van der Waals surface area contributed by atoms with Crippen molar-refractivity contribution in [1.29, 1.82) is 0 Å². The molecule has 27 heavy (non-hydrogen) atoms. The van der Waals surface area contributed by atoms with Gasteiger partial charge in [-0.25, -0.2) is 0 Å². The van der Waals surface area contributed by atoms with Crippen molar-refractivity contribution in [2.45, 2.75) is 32.7 Å². The summed E-state index contributed by atoms with van der Waals surface area (Å²) in [6.45, 7) is 4.87. The number of benzene rings is 2. The highest BCUT2D eigenvalue weighted by Crippen LogP contribution is 2.38. The molecule has 0 radical (unpaired) electrons. The lowest BCUT2D eigenvalue weighted by Gasteiger charge is -2.23. The van der Waals surface area contributed by atoms with Gasteiger partial charge in [0, 0.05) is 0 Å². The first-order valence-electron chi connectivity index (χ1n) is 9.15. The maximum absolute atomic E-state index is 12.9. The van der Waals surface area contributed by atoms with E-state index in [-0.39, 0.29) is 11.9 Å². The van der Waals surface area contributed by atoms with Gasteiger partial charge in [-0.3, -0.25) is 9.69 Å². The molecule has 3 nitrogen and oxygen atoms in total. The molecular weight excluding hydrogens is 374 g/mol. The van der Waals surface area contributed by atoms with Gasteiger partial charge >= 0.3 is 0 Å². The maximum atomic E-state index is 12.9.